The minimum Gasteiger partial charge on any atom is -0.477 e. The molecule has 1 fully saturated rings. The molecular weight excluding hydrogens is 502 g/mol. The second-order valence-electron chi connectivity index (χ2n) is 7.46. The molecule has 4 amide bonds. The summed E-state index contributed by atoms with van der Waals surface area (Å²) in [5.74, 6) is -1.01. The Kier molecular flexibility index (Phi) is 6.86. The molecule has 0 aliphatic carbocycles. The van der Waals surface area contributed by atoms with Gasteiger partial charge in [-0.05, 0) is 23.9 Å². The molecule has 12 nitrogen and oxygen atoms in total. The number of urea groups is 1. The van der Waals surface area contributed by atoms with Crippen molar-refractivity contribution in [3.63, 3.8) is 0 Å². The van der Waals surface area contributed by atoms with Gasteiger partial charge < -0.3 is 21.5 Å². The first-order valence-corrected chi connectivity index (χ1v) is 12.9. The van der Waals surface area contributed by atoms with Crippen LogP contribution in [0.3, 0.4) is 0 Å². The predicted molar refractivity (Wildman–Crippen MR) is 126 cm³/mol. The number of carbonyl (C=O) groups is 4. The molecule has 1 saturated heterocycles. The summed E-state index contributed by atoms with van der Waals surface area (Å²) in [5.41, 5.74) is 5.72. The van der Waals surface area contributed by atoms with Crippen molar-refractivity contribution in [2.75, 3.05) is 11.5 Å². The molecule has 2 aliphatic heterocycles. The largest absolute Gasteiger partial charge is 0.477 e. The summed E-state index contributed by atoms with van der Waals surface area (Å²) in [5, 5.41) is 20.9. The molecule has 180 valence electrons. The van der Waals surface area contributed by atoms with Crippen LogP contribution >= 0.6 is 34.9 Å². The number of carboxylic acid groups (broad SMARTS) is 1. The first-order chi connectivity index (χ1) is 16.2. The summed E-state index contributed by atoms with van der Waals surface area (Å²) < 4.78 is 1.62. The number of primary amides is 1. The van der Waals surface area contributed by atoms with Crippen molar-refractivity contribution in [3.05, 3.63) is 39.5 Å². The molecule has 15 heteroatoms. The lowest BCUT2D eigenvalue weighted by molar-refractivity contribution is -0.150. The van der Waals surface area contributed by atoms with Gasteiger partial charge in [-0.2, -0.15) is 5.10 Å². The van der Waals surface area contributed by atoms with Gasteiger partial charge in [0.25, 0.3) is 5.91 Å². The second kappa shape index (κ2) is 9.68. The van der Waals surface area contributed by atoms with E-state index in [1.807, 2.05) is 0 Å². The Morgan fingerprint density at radius 2 is 2.18 bits per heavy atom. The van der Waals surface area contributed by atoms with Gasteiger partial charge in [0.2, 0.25) is 5.91 Å². The van der Waals surface area contributed by atoms with Crippen molar-refractivity contribution in [2.24, 2.45) is 12.8 Å². The average Bonchev–Trinajstić information content (AvgIpc) is 3.42. The van der Waals surface area contributed by atoms with Crippen LogP contribution in [0.2, 0.25) is 0 Å². The number of hydrogen-bond acceptors (Lipinski definition) is 9. The number of aromatic nitrogens is 3. The van der Waals surface area contributed by atoms with Crippen molar-refractivity contribution >= 4 is 58.7 Å². The van der Waals surface area contributed by atoms with E-state index < -0.39 is 41.3 Å². The number of amides is 4. The Balaban J connectivity index is 1.48. The van der Waals surface area contributed by atoms with Crippen molar-refractivity contribution in [1.82, 2.24) is 30.3 Å². The Labute approximate surface area is 206 Å². The minimum atomic E-state index is -1.21. The topological polar surface area (TPSA) is 173 Å². The van der Waals surface area contributed by atoms with Crippen LogP contribution in [0, 0.1) is 6.92 Å². The standard InChI is InChI=1S/C19H21N7O5S3/c1-8-21-19(25(2)24-8)34-7-9-6-33-16-12(15(28)26(16)13(9)17(29)30)22-14(27)11(23-18(20)31)10-4-3-5-32-10/h3-5,11-12,16H,6-7H2,1-2H3,(H,22,27)(H,29,30)(H3,20,23,31)/t11?,12-,16?/m1/s1. The van der Waals surface area contributed by atoms with E-state index in [1.54, 1.807) is 36.2 Å². The first-order valence-electron chi connectivity index (χ1n) is 9.97. The van der Waals surface area contributed by atoms with E-state index in [4.69, 9.17) is 5.73 Å². The molecule has 5 N–H and O–H groups in total. The van der Waals surface area contributed by atoms with Gasteiger partial charge in [-0.25, -0.2) is 19.3 Å². The summed E-state index contributed by atoms with van der Waals surface area (Å²) in [6, 6.07) is 0.549. The van der Waals surface area contributed by atoms with Crippen molar-refractivity contribution < 1.29 is 24.3 Å². The lowest BCUT2D eigenvalue weighted by Crippen LogP contribution is -2.71. The summed E-state index contributed by atoms with van der Waals surface area (Å²) in [7, 11) is 1.75. The van der Waals surface area contributed by atoms with Gasteiger partial charge in [-0.3, -0.25) is 14.5 Å². The Morgan fingerprint density at radius 3 is 2.76 bits per heavy atom. The SMILES string of the molecule is Cc1nc(SCC2=C(C(=O)O)N3C(=O)[C@@H](NC(=O)C(NC(N)=O)c4cccs4)C3SC2)n(C)n1. The molecule has 2 aromatic rings. The third-order valence-electron chi connectivity index (χ3n) is 5.13. The number of nitrogens with one attached hydrogen (secondary N) is 2. The fourth-order valence-electron chi connectivity index (χ4n) is 3.66. The van der Waals surface area contributed by atoms with Crippen LogP contribution in [0.15, 0.2) is 33.9 Å². The molecule has 0 aromatic carbocycles. The molecular formula is C19H21N7O5S3. The zero-order chi connectivity index (χ0) is 24.6. The van der Waals surface area contributed by atoms with Crippen molar-refractivity contribution in [1.29, 1.82) is 0 Å². The lowest BCUT2D eigenvalue weighted by Gasteiger charge is -2.49. The van der Waals surface area contributed by atoms with Gasteiger partial charge in [0.15, 0.2) is 5.16 Å². The molecule has 0 bridgehead atoms. The molecule has 2 unspecified atom stereocenters. The van der Waals surface area contributed by atoms with E-state index in [0.717, 1.165) is 0 Å². The number of rotatable bonds is 8. The Morgan fingerprint density at radius 1 is 1.41 bits per heavy atom. The maximum atomic E-state index is 12.9. The summed E-state index contributed by atoms with van der Waals surface area (Å²) in [4.78, 5) is 55.3. The van der Waals surface area contributed by atoms with Crippen LogP contribution in [0.4, 0.5) is 4.79 Å². The number of fused-ring (bicyclic) bond motifs is 1. The van der Waals surface area contributed by atoms with E-state index in [1.165, 1.54) is 39.8 Å². The number of thioether (sulfide) groups is 2. The minimum absolute atomic E-state index is 0.0734. The third kappa shape index (κ3) is 4.63. The van der Waals surface area contributed by atoms with Gasteiger partial charge >= 0.3 is 12.0 Å². The lowest BCUT2D eigenvalue weighted by atomic mass is 10.0. The zero-order valence-electron chi connectivity index (χ0n) is 18.0. The van der Waals surface area contributed by atoms with E-state index in [-0.39, 0.29) is 5.70 Å². The highest BCUT2D eigenvalue weighted by molar-refractivity contribution is 8.01. The quantitative estimate of drug-likeness (QED) is 0.283. The predicted octanol–water partition coefficient (Wildman–Crippen LogP) is 0.425. The number of carbonyl (C=O) groups excluding carboxylic acids is 3. The van der Waals surface area contributed by atoms with Crippen LogP contribution in [-0.2, 0) is 21.4 Å². The molecule has 4 rings (SSSR count). The first kappa shape index (κ1) is 24.1. The monoisotopic (exact) mass is 523 g/mol. The van der Waals surface area contributed by atoms with E-state index in [2.05, 4.69) is 20.7 Å². The van der Waals surface area contributed by atoms with E-state index in [0.29, 0.717) is 32.9 Å². The maximum absolute atomic E-state index is 12.9. The van der Waals surface area contributed by atoms with Gasteiger partial charge in [-0.1, -0.05) is 17.8 Å². The zero-order valence-corrected chi connectivity index (χ0v) is 20.5. The van der Waals surface area contributed by atoms with Gasteiger partial charge in [-0.15, -0.1) is 23.1 Å². The smallest absolute Gasteiger partial charge is 0.352 e. The van der Waals surface area contributed by atoms with Crippen molar-refractivity contribution in [3.8, 4) is 0 Å². The molecule has 2 aliphatic rings. The number of aryl methyl sites for hydroxylation is 2. The number of nitrogens with zero attached hydrogens (tertiary/aromatic N) is 4. The Hall–Kier alpha value is -3.04. The molecule has 0 saturated carbocycles. The van der Waals surface area contributed by atoms with Crippen LogP contribution in [-0.4, -0.2) is 71.5 Å². The molecule has 34 heavy (non-hydrogen) atoms. The maximum Gasteiger partial charge on any atom is 0.352 e. The number of hydrogen-bond donors (Lipinski definition) is 4. The van der Waals surface area contributed by atoms with Gasteiger partial charge in [0.05, 0.1) is 0 Å². The van der Waals surface area contributed by atoms with Crippen LogP contribution < -0.4 is 16.4 Å². The highest BCUT2D eigenvalue weighted by atomic mass is 32.2. The van der Waals surface area contributed by atoms with Crippen LogP contribution in [0.5, 0.6) is 0 Å². The number of aliphatic carboxylic acids is 1. The Bertz CT molecular complexity index is 1180. The average molecular weight is 524 g/mol. The second-order valence-corrected chi connectivity index (χ2v) is 10.5. The highest BCUT2D eigenvalue weighted by Gasteiger charge is 2.54. The number of nitrogens with two attached hydrogens (primary N) is 1. The molecule has 0 spiro atoms. The van der Waals surface area contributed by atoms with Crippen molar-refractivity contribution in [2.45, 2.75) is 29.5 Å². The van der Waals surface area contributed by atoms with Crippen LogP contribution in [0.1, 0.15) is 16.7 Å². The highest BCUT2D eigenvalue weighted by Crippen LogP contribution is 2.41. The fourth-order valence-corrected chi connectivity index (χ4v) is 6.88. The summed E-state index contributed by atoms with van der Waals surface area (Å²) in [6.07, 6.45) is 0. The van der Waals surface area contributed by atoms with Gasteiger partial charge in [0, 0.05) is 23.4 Å². The molecule has 4 heterocycles. The van der Waals surface area contributed by atoms with E-state index >= 15 is 0 Å². The third-order valence-corrected chi connectivity index (χ3v) is 8.51. The summed E-state index contributed by atoms with van der Waals surface area (Å²) in [6.45, 7) is 1.77. The van der Waals surface area contributed by atoms with E-state index in [9.17, 15) is 24.3 Å². The number of thiophene rings is 1. The van der Waals surface area contributed by atoms with Gasteiger partial charge in [0.1, 0.15) is 29.0 Å². The summed E-state index contributed by atoms with van der Waals surface area (Å²) >= 11 is 3.97. The van der Waals surface area contributed by atoms with Crippen LogP contribution in [0.25, 0.3) is 0 Å². The fraction of sp³-hybridized carbons (Fsp3) is 0.368. The molecule has 2 aromatic heterocycles. The molecule has 0 radical (unpaired) electrons. The molecule has 3 atom stereocenters. The number of β-lactam (4-membered cyclic amide) rings is 1. The normalized spacial score (nSPS) is 20.4. The number of carboxylic acids is 1.